The van der Waals surface area contributed by atoms with Gasteiger partial charge in [-0.3, -0.25) is 0 Å². The lowest BCUT2D eigenvalue weighted by molar-refractivity contribution is 1.30. The molecule has 2 aromatic rings. The molecule has 1 aromatic heterocycles. The first kappa shape index (κ1) is 12.4. The number of hydrogen-bond donors (Lipinski definition) is 0. The molecule has 2 rings (SSSR count). The normalized spacial score (nSPS) is 10.0. The molecule has 0 atom stereocenters. The molecule has 5 heteroatoms. The molecule has 0 spiro atoms. The lowest BCUT2D eigenvalue weighted by Gasteiger charge is -2.08. The van der Waals surface area contributed by atoms with E-state index in [1.165, 1.54) is 6.20 Å². The minimum atomic E-state index is 0.159. The maximum absolute atomic E-state index is 9.11. The molecule has 0 amide bonds. The highest BCUT2D eigenvalue weighted by atomic mass is 79.9. The van der Waals surface area contributed by atoms with E-state index in [0.717, 1.165) is 10.0 Å². The average molecular weight is 328 g/mol. The lowest BCUT2D eigenvalue weighted by atomic mass is 10.0. The van der Waals surface area contributed by atoms with Crippen LogP contribution in [0.3, 0.4) is 0 Å². The van der Waals surface area contributed by atoms with Crippen LogP contribution in [0.1, 0.15) is 5.56 Å². The molecule has 0 fully saturated rings. The van der Waals surface area contributed by atoms with Gasteiger partial charge in [0, 0.05) is 16.2 Å². The first-order valence-corrected chi connectivity index (χ1v) is 6.18. The van der Waals surface area contributed by atoms with Gasteiger partial charge in [-0.2, -0.15) is 5.26 Å². The molecule has 0 aliphatic heterocycles. The minimum Gasteiger partial charge on any atom is -0.242 e. The first-order chi connectivity index (χ1) is 8.13. The SMILES string of the molecule is N#Cc1c(Cl)ncc(Cl)c1-c1cccc(Br)c1. The average Bonchev–Trinajstić information content (AvgIpc) is 2.31. The van der Waals surface area contributed by atoms with Crippen molar-refractivity contribution in [2.24, 2.45) is 0 Å². The zero-order valence-corrected chi connectivity index (χ0v) is 11.5. The largest absolute Gasteiger partial charge is 0.242 e. The van der Waals surface area contributed by atoms with Gasteiger partial charge in [0.2, 0.25) is 0 Å². The maximum atomic E-state index is 9.11. The van der Waals surface area contributed by atoms with E-state index in [-0.39, 0.29) is 10.7 Å². The van der Waals surface area contributed by atoms with Gasteiger partial charge in [0.25, 0.3) is 0 Å². The zero-order valence-electron chi connectivity index (χ0n) is 8.42. The topological polar surface area (TPSA) is 36.7 Å². The van der Waals surface area contributed by atoms with E-state index in [0.29, 0.717) is 10.6 Å². The molecule has 0 radical (unpaired) electrons. The van der Waals surface area contributed by atoms with Crippen molar-refractivity contribution < 1.29 is 0 Å². The van der Waals surface area contributed by atoms with Crippen LogP contribution in [0.4, 0.5) is 0 Å². The summed E-state index contributed by atoms with van der Waals surface area (Å²) in [6, 6.07) is 9.53. The molecule has 84 valence electrons. The highest BCUT2D eigenvalue weighted by Crippen LogP contribution is 2.34. The monoisotopic (exact) mass is 326 g/mol. The van der Waals surface area contributed by atoms with Crippen LogP contribution in [0.5, 0.6) is 0 Å². The number of nitriles is 1. The van der Waals surface area contributed by atoms with Gasteiger partial charge in [-0.25, -0.2) is 4.98 Å². The smallest absolute Gasteiger partial charge is 0.147 e. The molecule has 0 bridgehead atoms. The third-order valence-corrected chi connectivity index (χ3v) is 3.28. The quantitative estimate of drug-likeness (QED) is 0.712. The van der Waals surface area contributed by atoms with E-state index in [9.17, 15) is 0 Å². The third kappa shape index (κ3) is 2.44. The predicted molar refractivity (Wildman–Crippen MR) is 72.1 cm³/mol. The van der Waals surface area contributed by atoms with Gasteiger partial charge in [-0.05, 0) is 17.7 Å². The lowest BCUT2D eigenvalue weighted by Crippen LogP contribution is -1.90. The molecule has 1 heterocycles. The van der Waals surface area contributed by atoms with Crippen molar-refractivity contribution in [3.63, 3.8) is 0 Å². The Balaban J connectivity index is 2.75. The number of rotatable bonds is 1. The summed E-state index contributed by atoms with van der Waals surface area (Å²) in [5.74, 6) is 0. The van der Waals surface area contributed by atoms with E-state index in [2.05, 4.69) is 20.9 Å². The molecule has 0 saturated carbocycles. The summed E-state index contributed by atoms with van der Waals surface area (Å²) in [6.07, 6.45) is 1.45. The summed E-state index contributed by atoms with van der Waals surface area (Å²) in [5.41, 5.74) is 1.72. The van der Waals surface area contributed by atoms with Crippen LogP contribution >= 0.6 is 39.1 Å². The Bertz CT molecular complexity index is 620. The van der Waals surface area contributed by atoms with Gasteiger partial charge < -0.3 is 0 Å². The van der Waals surface area contributed by atoms with Crippen LogP contribution in [0.25, 0.3) is 11.1 Å². The van der Waals surface area contributed by atoms with E-state index < -0.39 is 0 Å². The Kier molecular flexibility index (Phi) is 3.68. The van der Waals surface area contributed by atoms with Crippen LogP contribution < -0.4 is 0 Å². The van der Waals surface area contributed by atoms with Crippen LogP contribution in [0.15, 0.2) is 34.9 Å². The molecule has 0 saturated heterocycles. The second kappa shape index (κ2) is 5.05. The Morgan fingerprint density at radius 2 is 2.06 bits per heavy atom. The number of hydrogen-bond acceptors (Lipinski definition) is 2. The highest BCUT2D eigenvalue weighted by Gasteiger charge is 2.14. The van der Waals surface area contributed by atoms with Gasteiger partial charge in [0.15, 0.2) is 0 Å². The Morgan fingerprint density at radius 1 is 1.29 bits per heavy atom. The van der Waals surface area contributed by atoms with Crippen molar-refractivity contribution in [2.45, 2.75) is 0 Å². The second-order valence-corrected chi connectivity index (χ2v) is 4.95. The van der Waals surface area contributed by atoms with E-state index in [1.54, 1.807) is 0 Å². The first-order valence-electron chi connectivity index (χ1n) is 4.63. The fourth-order valence-electron chi connectivity index (χ4n) is 1.49. The summed E-state index contributed by atoms with van der Waals surface area (Å²) in [5, 5.41) is 9.68. The van der Waals surface area contributed by atoms with Crippen molar-refractivity contribution in [1.29, 1.82) is 5.26 Å². The number of halogens is 3. The van der Waals surface area contributed by atoms with Crippen LogP contribution in [0, 0.1) is 11.3 Å². The molecule has 1 aromatic carbocycles. The maximum Gasteiger partial charge on any atom is 0.147 e. The molecule has 17 heavy (non-hydrogen) atoms. The standard InChI is InChI=1S/C12H5BrCl2N2/c13-8-3-1-2-7(4-8)11-9(5-16)12(15)17-6-10(11)14/h1-4,6H. The highest BCUT2D eigenvalue weighted by molar-refractivity contribution is 9.10. The number of nitrogens with zero attached hydrogens (tertiary/aromatic N) is 2. The van der Waals surface area contributed by atoms with Gasteiger partial charge in [0.1, 0.15) is 11.2 Å². The third-order valence-electron chi connectivity index (χ3n) is 2.21. The van der Waals surface area contributed by atoms with E-state index in [1.807, 2.05) is 30.3 Å². The fourth-order valence-corrected chi connectivity index (χ4v) is 2.33. The van der Waals surface area contributed by atoms with Gasteiger partial charge in [0.05, 0.1) is 10.6 Å². The fraction of sp³-hybridized carbons (Fsp3) is 0. The van der Waals surface area contributed by atoms with Crippen molar-refractivity contribution >= 4 is 39.1 Å². The summed E-state index contributed by atoms with van der Waals surface area (Å²) < 4.78 is 0.905. The molecule has 0 aliphatic rings. The summed E-state index contributed by atoms with van der Waals surface area (Å²) in [6.45, 7) is 0. The Hall–Kier alpha value is -1.08. The van der Waals surface area contributed by atoms with Crippen molar-refractivity contribution in [3.8, 4) is 17.2 Å². The summed E-state index contributed by atoms with van der Waals surface area (Å²) in [7, 11) is 0. The van der Waals surface area contributed by atoms with E-state index >= 15 is 0 Å². The molecular weight excluding hydrogens is 323 g/mol. The predicted octanol–water partition coefficient (Wildman–Crippen LogP) is 4.69. The van der Waals surface area contributed by atoms with Crippen molar-refractivity contribution in [2.75, 3.05) is 0 Å². The van der Waals surface area contributed by atoms with Crippen LogP contribution in [0.2, 0.25) is 10.2 Å². The molecular formula is C12H5BrCl2N2. The summed E-state index contributed by atoms with van der Waals surface area (Å²) >= 11 is 15.3. The molecule has 0 N–H and O–H groups in total. The van der Waals surface area contributed by atoms with Crippen LogP contribution in [-0.2, 0) is 0 Å². The Labute approximate surface area is 117 Å². The van der Waals surface area contributed by atoms with Gasteiger partial charge in [-0.1, -0.05) is 51.3 Å². The number of benzene rings is 1. The molecule has 0 aliphatic carbocycles. The van der Waals surface area contributed by atoms with E-state index in [4.69, 9.17) is 28.5 Å². The van der Waals surface area contributed by atoms with Gasteiger partial charge >= 0.3 is 0 Å². The zero-order chi connectivity index (χ0) is 12.4. The van der Waals surface area contributed by atoms with Crippen molar-refractivity contribution in [3.05, 3.63) is 50.7 Å². The van der Waals surface area contributed by atoms with Crippen LogP contribution in [-0.4, -0.2) is 4.98 Å². The van der Waals surface area contributed by atoms with Gasteiger partial charge in [-0.15, -0.1) is 0 Å². The number of aromatic nitrogens is 1. The second-order valence-electron chi connectivity index (χ2n) is 3.27. The minimum absolute atomic E-state index is 0.159. The Morgan fingerprint density at radius 3 is 2.71 bits per heavy atom. The summed E-state index contributed by atoms with van der Waals surface area (Å²) in [4.78, 5) is 3.86. The number of pyridine rings is 1. The molecule has 0 unspecified atom stereocenters. The van der Waals surface area contributed by atoms with Crippen molar-refractivity contribution in [1.82, 2.24) is 4.98 Å². The molecule has 2 nitrogen and oxygen atoms in total.